The van der Waals surface area contributed by atoms with Crippen LogP contribution in [0, 0.1) is 19.7 Å². The largest absolute Gasteiger partial charge is 0.481 e. The summed E-state index contributed by atoms with van der Waals surface area (Å²) in [5.41, 5.74) is 4.15. The molecule has 0 amide bonds. The fourth-order valence-corrected chi connectivity index (χ4v) is 4.34. The Morgan fingerprint density at radius 3 is 2.68 bits per heavy atom. The molecule has 9 heteroatoms. The van der Waals surface area contributed by atoms with E-state index in [1.165, 1.54) is 6.07 Å². The molecule has 2 atom stereocenters. The lowest BCUT2D eigenvalue weighted by Crippen LogP contribution is -2.21. The number of halogens is 2. The third kappa shape index (κ3) is 4.31. The Labute approximate surface area is 201 Å². The molecule has 0 bridgehead atoms. The van der Waals surface area contributed by atoms with E-state index in [4.69, 9.17) is 31.0 Å². The highest BCUT2D eigenvalue weighted by Gasteiger charge is 2.29. The normalized spacial score (nSPS) is 18.3. The van der Waals surface area contributed by atoms with E-state index in [-0.39, 0.29) is 12.0 Å². The molecule has 7 nitrogen and oxygen atoms in total. The monoisotopic (exact) mass is 479 g/mol. The molecule has 1 aromatic carbocycles. The summed E-state index contributed by atoms with van der Waals surface area (Å²) in [6, 6.07) is 8.34. The summed E-state index contributed by atoms with van der Waals surface area (Å²) in [7, 11) is 1.59. The van der Waals surface area contributed by atoms with Crippen molar-refractivity contribution in [3.8, 4) is 17.1 Å². The quantitative estimate of drug-likeness (QED) is 0.380. The van der Waals surface area contributed by atoms with Crippen molar-refractivity contribution < 1.29 is 13.9 Å². The Kier molecular flexibility index (Phi) is 6.10. The zero-order chi connectivity index (χ0) is 23.8. The van der Waals surface area contributed by atoms with Crippen molar-refractivity contribution in [3.05, 3.63) is 70.1 Å². The number of hydrogen-bond acceptors (Lipinski definition) is 7. The van der Waals surface area contributed by atoms with Crippen LogP contribution in [0.2, 0.25) is 5.02 Å². The average molecular weight is 480 g/mol. The lowest BCUT2D eigenvalue weighted by atomic mass is 9.91. The molecule has 0 spiro atoms. The number of fused-ring (bicyclic) bond motifs is 1. The number of benzene rings is 1. The van der Waals surface area contributed by atoms with Gasteiger partial charge in [0.15, 0.2) is 5.65 Å². The number of rotatable bonds is 4. The summed E-state index contributed by atoms with van der Waals surface area (Å²) < 4.78 is 26.2. The van der Waals surface area contributed by atoms with Crippen LogP contribution in [0.1, 0.15) is 47.6 Å². The third-order valence-electron chi connectivity index (χ3n) is 6.13. The number of nitrogens with zero attached hydrogens (tertiary/aromatic N) is 5. The molecule has 4 aromatic rings. The summed E-state index contributed by atoms with van der Waals surface area (Å²) >= 11 is 5.99. The molecule has 0 aliphatic carbocycles. The van der Waals surface area contributed by atoms with Crippen LogP contribution in [-0.4, -0.2) is 38.6 Å². The summed E-state index contributed by atoms with van der Waals surface area (Å²) in [5, 5.41) is 0.318. The van der Waals surface area contributed by atoms with Crippen LogP contribution >= 0.6 is 11.6 Å². The maximum Gasteiger partial charge on any atom is 0.213 e. The first-order chi connectivity index (χ1) is 16.4. The van der Waals surface area contributed by atoms with Gasteiger partial charge in [-0.15, -0.1) is 0 Å². The second-order valence-corrected chi connectivity index (χ2v) is 8.77. The highest BCUT2D eigenvalue weighted by Crippen LogP contribution is 2.38. The van der Waals surface area contributed by atoms with Crippen LogP contribution in [0.4, 0.5) is 4.39 Å². The van der Waals surface area contributed by atoms with Gasteiger partial charge in [0, 0.05) is 35.4 Å². The van der Waals surface area contributed by atoms with Gasteiger partial charge in [-0.2, -0.15) is 0 Å². The Morgan fingerprint density at radius 1 is 1.06 bits per heavy atom. The van der Waals surface area contributed by atoms with Crippen LogP contribution < -0.4 is 4.74 Å². The first-order valence-corrected chi connectivity index (χ1v) is 11.4. The van der Waals surface area contributed by atoms with Gasteiger partial charge in [0.05, 0.1) is 24.6 Å². The minimum atomic E-state index is -0.466. The van der Waals surface area contributed by atoms with E-state index in [1.807, 2.05) is 26.0 Å². The third-order valence-corrected chi connectivity index (χ3v) is 6.37. The topological polar surface area (TPSA) is 82.9 Å². The van der Waals surface area contributed by atoms with Crippen molar-refractivity contribution in [1.82, 2.24) is 24.9 Å². The van der Waals surface area contributed by atoms with Crippen molar-refractivity contribution in [1.29, 1.82) is 0 Å². The van der Waals surface area contributed by atoms with Gasteiger partial charge in [0.2, 0.25) is 5.88 Å². The lowest BCUT2D eigenvalue weighted by Gasteiger charge is -2.29. The molecule has 174 valence electrons. The molecule has 1 saturated heterocycles. The average Bonchev–Trinajstić information content (AvgIpc) is 2.84. The van der Waals surface area contributed by atoms with Crippen molar-refractivity contribution in [2.75, 3.05) is 13.7 Å². The maximum absolute atomic E-state index is 14.9. The Balaban J connectivity index is 1.60. The van der Waals surface area contributed by atoms with E-state index in [0.29, 0.717) is 52.2 Å². The Morgan fingerprint density at radius 2 is 1.88 bits per heavy atom. The standard InChI is InChI=1S/C25H23ClFN5O2/c1-13-14(2)30-25-23(29-13)22(18-5-4-17(26)12-19(18)27)31-24(32-25)16-7-9-34-20(10-16)15-6-8-28-21(11-15)33-3/h4-6,8,11-12,16,20H,7,9-10H2,1-3H3/t16-,20-/m0/s1. The minimum Gasteiger partial charge on any atom is -0.481 e. The fraction of sp³-hybridized carbons (Fsp3) is 0.320. The van der Waals surface area contributed by atoms with Crippen molar-refractivity contribution in [2.24, 2.45) is 0 Å². The SMILES string of the molecule is COc1cc([C@@H]2C[C@@H](c3nc(-c4ccc(Cl)cc4F)c4nc(C)c(C)nc4n3)CCO2)ccn1. The van der Waals surface area contributed by atoms with Crippen molar-refractivity contribution in [3.63, 3.8) is 0 Å². The molecule has 1 fully saturated rings. The van der Waals surface area contributed by atoms with Gasteiger partial charge in [-0.25, -0.2) is 29.3 Å². The second kappa shape index (κ2) is 9.19. The molecule has 0 radical (unpaired) electrons. The first-order valence-electron chi connectivity index (χ1n) is 11.0. The van der Waals surface area contributed by atoms with E-state index < -0.39 is 5.82 Å². The number of pyridine rings is 1. The van der Waals surface area contributed by atoms with Gasteiger partial charge in [0.1, 0.15) is 22.9 Å². The summed E-state index contributed by atoms with van der Waals surface area (Å²) in [4.78, 5) is 23.1. The highest BCUT2D eigenvalue weighted by molar-refractivity contribution is 6.30. The predicted molar refractivity (Wildman–Crippen MR) is 126 cm³/mol. The van der Waals surface area contributed by atoms with Crippen molar-refractivity contribution >= 4 is 22.8 Å². The highest BCUT2D eigenvalue weighted by atomic mass is 35.5. The molecule has 0 N–H and O–H groups in total. The van der Waals surface area contributed by atoms with Gasteiger partial charge in [-0.05, 0) is 56.5 Å². The zero-order valence-electron chi connectivity index (χ0n) is 19.0. The van der Waals surface area contributed by atoms with Crippen molar-refractivity contribution in [2.45, 2.75) is 38.7 Å². The molecule has 5 rings (SSSR count). The van der Waals surface area contributed by atoms with Gasteiger partial charge >= 0.3 is 0 Å². The number of aryl methyl sites for hydroxylation is 2. The van der Waals surface area contributed by atoms with Crippen LogP contribution in [0.25, 0.3) is 22.4 Å². The Hall–Kier alpha value is -3.23. The molecule has 3 aromatic heterocycles. The van der Waals surface area contributed by atoms with E-state index in [1.54, 1.807) is 25.4 Å². The molecular formula is C25H23ClFN5O2. The Bertz CT molecular complexity index is 1380. The molecule has 0 unspecified atom stereocenters. The predicted octanol–water partition coefficient (Wildman–Crippen LogP) is 5.54. The molecule has 1 aliphatic heterocycles. The van der Waals surface area contributed by atoms with E-state index >= 15 is 0 Å². The summed E-state index contributed by atoms with van der Waals surface area (Å²) in [6.07, 6.45) is 2.96. The molecule has 0 saturated carbocycles. The first kappa shape index (κ1) is 22.6. The fourth-order valence-electron chi connectivity index (χ4n) is 4.18. The second-order valence-electron chi connectivity index (χ2n) is 8.33. The number of hydrogen-bond donors (Lipinski definition) is 0. The minimum absolute atomic E-state index is 0.000157. The zero-order valence-corrected chi connectivity index (χ0v) is 19.8. The van der Waals surface area contributed by atoms with Gasteiger partial charge in [-0.3, -0.25) is 0 Å². The summed E-state index contributed by atoms with van der Waals surface area (Å²) in [6.45, 7) is 4.29. The van der Waals surface area contributed by atoms with E-state index in [9.17, 15) is 4.39 Å². The van der Waals surface area contributed by atoms with Crippen LogP contribution in [0.3, 0.4) is 0 Å². The van der Waals surface area contributed by atoms with Crippen LogP contribution in [-0.2, 0) is 4.74 Å². The van der Waals surface area contributed by atoms with E-state index in [0.717, 1.165) is 23.4 Å². The van der Waals surface area contributed by atoms with Gasteiger partial charge < -0.3 is 9.47 Å². The lowest BCUT2D eigenvalue weighted by molar-refractivity contribution is 0.00385. The molecular weight excluding hydrogens is 457 g/mol. The smallest absolute Gasteiger partial charge is 0.213 e. The molecule has 1 aliphatic rings. The number of methoxy groups -OCH3 is 1. The van der Waals surface area contributed by atoms with Crippen LogP contribution in [0.5, 0.6) is 5.88 Å². The van der Waals surface area contributed by atoms with Gasteiger partial charge in [0.25, 0.3) is 0 Å². The van der Waals surface area contributed by atoms with Gasteiger partial charge in [-0.1, -0.05) is 11.6 Å². The summed E-state index contributed by atoms with van der Waals surface area (Å²) in [5.74, 6) is 0.669. The molecule has 34 heavy (non-hydrogen) atoms. The van der Waals surface area contributed by atoms with Crippen LogP contribution in [0.15, 0.2) is 36.5 Å². The number of ether oxygens (including phenoxy) is 2. The number of aromatic nitrogens is 5. The maximum atomic E-state index is 14.9. The van der Waals surface area contributed by atoms with E-state index in [2.05, 4.69) is 15.0 Å². The molecule has 4 heterocycles.